The van der Waals surface area contributed by atoms with E-state index in [1.54, 1.807) is 12.3 Å². The summed E-state index contributed by atoms with van der Waals surface area (Å²) in [5.74, 6) is 0.609. The highest BCUT2D eigenvalue weighted by atomic mass is 16.6. The van der Waals surface area contributed by atoms with E-state index >= 15 is 0 Å². The highest BCUT2D eigenvalue weighted by molar-refractivity contribution is 6.07. The minimum Gasteiger partial charge on any atom is -0.423 e. The second-order valence-corrected chi connectivity index (χ2v) is 14.6. The zero-order valence-electron chi connectivity index (χ0n) is 27.7. The highest BCUT2D eigenvalue weighted by Gasteiger charge is 2.67. The van der Waals surface area contributed by atoms with Crippen molar-refractivity contribution in [2.24, 2.45) is 32.7 Å². The monoisotopic (exact) mass is 632 g/mol. The molecule has 10 heteroatoms. The van der Waals surface area contributed by atoms with Crippen LogP contribution in [0.15, 0.2) is 51.7 Å². The summed E-state index contributed by atoms with van der Waals surface area (Å²) in [5.41, 5.74) is 1.27. The summed E-state index contributed by atoms with van der Waals surface area (Å²) in [6.45, 7) is 7.16. The lowest BCUT2D eigenvalue weighted by Gasteiger charge is -2.61. The zero-order valence-corrected chi connectivity index (χ0v) is 27.7. The van der Waals surface area contributed by atoms with Crippen molar-refractivity contribution in [3.05, 3.63) is 47.2 Å². The molecule has 3 aliphatic heterocycles. The number of carbonyl (C=O) groups is 2. The van der Waals surface area contributed by atoms with E-state index in [1.807, 2.05) is 63.2 Å². The molecule has 1 saturated heterocycles. The van der Waals surface area contributed by atoms with Crippen LogP contribution >= 0.6 is 0 Å². The molecule has 3 N–H and O–H groups in total. The lowest BCUT2D eigenvalue weighted by Crippen LogP contribution is -2.61. The minimum atomic E-state index is -0.625. The van der Waals surface area contributed by atoms with Gasteiger partial charge in [0.05, 0.1) is 49.5 Å². The molecule has 5 unspecified atom stereocenters. The minimum absolute atomic E-state index is 0.0287. The average molecular weight is 633 g/mol. The molecule has 5 aliphatic rings. The molecule has 6 rings (SSSR count). The van der Waals surface area contributed by atoms with E-state index < -0.39 is 29.6 Å². The Morgan fingerprint density at radius 2 is 1.93 bits per heavy atom. The van der Waals surface area contributed by atoms with Gasteiger partial charge in [-0.3, -0.25) is 9.79 Å². The van der Waals surface area contributed by atoms with E-state index in [4.69, 9.17) is 9.47 Å². The number of nitrogens with one attached hydrogen (secondary N) is 1. The standard InChI is InChI=1S/C36H48N4O6/c1-22(28(42)19-32-37-14-15-38-32)39-27(26-17-25(46-33(26)44)16-23-6-8-24(9-7-23)40(4)5)18-30-34(2)12-11-31(43)35(3,20-41)29(34)10-13-36(30)21-45-36/h6-9,14,16-17,22,27,29-31,39,41,43H,10-13,15,18-21H2,1-5H3/b25-16+/t22?,27?,29?,30?,31-,34+,35+,36?/m1/s1. The van der Waals surface area contributed by atoms with Crippen LogP contribution in [0.5, 0.6) is 0 Å². The number of benzene rings is 1. The highest BCUT2D eigenvalue weighted by Crippen LogP contribution is 2.66. The number of ketones is 1. The van der Waals surface area contributed by atoms with Crippen molar-refractivity contribution in [1.82, 2.24) is 5.32 Å². The van der Waals surface area contributed by atoms with Crippen molar-refractivity contribution in [2.45, 2.75) is 83.1 Å². The summed E-state index contributed by atoms with van der Waals surface area (Å²) in [7, 11) is 3.97. The first-order chi connectivity index (χ1) is 21.9. The predicted octanol–water partition coefficient (Wildman–Crippen LogP) is 3.71. The molecule has 3 fully saturated rings. The van der Waals surface area contributed by atoms with E-state index in [9.17, 15) is 19.8 Å². The molecule has 1 aromatic rings. The molecular formula is C36H48N4O6. The van der Waals surface area contributed by atoms with Gasteiger partial charge in [-0.2, -0.15) is 0 Å². The Balaban J connectivity index is 1.32. The predicted molar refractivity (Wildman–Crippen MR) is 178 cm³/mol. The first kappa shape index (κ1) is 32.7. The Morgan fingerprint density at radius 3 is 2.57 bits per heavy atom. The van der Waals surface area contributed by atoms with Crippen LogP contribution in [0, 0.1) is 22.7 Å². The van der Waals surface area contributed by atoms with Gasteiger partial charge in [-0.15, -0.1) is 0 Å². The topological polar surface area (TPSA) is 136 Å². The number of esters is 1. The van der Waals surface area contributed by atoms with Crippen LogP contribution in [-0.4, -0.2) is 91.7 Å². The third-order valence-electron chi connectivity index (χ3n) is 11.6. The smallest absolute Gasteiger partial charge is 0.341 e. The quantitative estimate of drug-likeness (QED) is 0.248. The number of carbonyl (C=O) groups excluding carboxylic acids is 2. The maximum Gasteiger partial charge on any atom is 0.341 e. The Labute approximate surface area is 271 Å². The fraction of sp³-hybridized carbons (Fsp3) is 0.611. The number of cyclic esters (lactones) is 1. The number of hydrogen-bond acceptors (Lipinski definition) is 10. The van der Waals surface area contributed by atoms with Gasteiger partial charge < -0.3 is 29.9 Å². The Morgan fingerprint density at radius 1 is 1.20 bits per heavy atom. The summed E-state index contributed by atoms with van der Waals surface area (Å²) in [6, 6.07) is 6.94. The number of aliphatic hydroxyl groups excluding tert-OH is 2. The van der Waals surface area contributed by atoms with Gasteiger partial charge in [-0.1, -0.05) is 26.0 Å². The number of amidine groups is 1. The van der Waals surface area contributed by atoms with E-state index in [2.05, 4.69) is 22.2 Å². The van der Waals surface area contributed by atoms with Gasteiger partial charge >= 0.3 is 5.97 Å². The van der Waals surface area contributed by atoms with E-state index in [1.165, 1.54) is 0 Å². The number of nitrogens with zero attached hydrogens (tertiary/aromatic N) is 3. The van der Waals surface area contributed by atoms with Gasteiger partial charge in [0.15, 0.2) is 5.78 Å². The summed E-state index contributed by atoms with van der Waals surface area (Å²) in [5, 5.41) is 25.1. The molecule has 10 nitrogen and oxygen atoms in total. The van der Waals surface area contributed by atoms with Crippen molar-refractivity contribution >= 4 is 35.6 Å². The molecule has 0 radical (unpaired) electrons. The average Bonchev–Trinajstić information content (AvgIpc) is 3.41. The van der Waals surface area contributed by atoms with Crippen molar-refractivity contribution in [3.63, 3.8) is 0 Å². The number of aliphatic hydroxyl groups is 2. The van der Waals surface area contributed by atoms with Crippen LogP contribution in [0.25, 0.3) is 6.08 Å². The van der Waals surface area contributed by atoms with Crippen LogP contribution in [0.1, 0.15) is 64.9 Å². The van der Waals surface area contributed by atoms with Gasteiger partial charge in [0.2, 0.25) is 0 Å². The molecule has 0 bridgehead atoms. The van der Waals surface area contributed by atoms with Crippen LogP contribution in [0.4, 0.5) is 5.69 Å². The van der Waals surface area contributed by atoms with Gasteiger partial charge in [0.25, 0.3) is 0 Å². The van der Waals surface area contributed by atoms with Crippen molar-refractivity contribution < 1.29 is 29.3 Å². The SMILES string of the molecule is CC(NC(CC1C2(CCC3[C@]1(C)CC[C@@H](O)[C@@]3(C)CO)CO2)C1=C/C(=C\c2ccc(N(C)C)cc2)OC1=O)C(=O)CC1=NCC=N1. The molecule has 1 spiro atoms. The Bertz CT molecular complexity index is 1480. The second kappa shape index (κ2) is 12.4. The molecule has 2 aliphatic carbocycles. The van der Waals surface area contributed by atoms with Crippen molar-refractivity contribution in [2.75, 3.05) is 38.8 Å². The summed E-state index contributed by atoms with van der Waals surface area (Å²) in [6.07, 6.45) is 8.52. The summed E-state index contributed by atoms with van der Waals surface area (Å²) >= 11 is 0. The molecule has 248 valence electrons. The molecule has 0 amide bonds. The maximum atomic E-state index is 13.6. The van der Waals surface area contributed by atoms with Crippen molar-refractivity contribution in [3.8, 4) is 0 Å². The number of anilines is 1. The number of ether oxygens (including phenoxy) is 2. The number of fused-ring (bicyclic) bond motifs is 1. The zero-order chi connectivity index (χ0) is 32.9. The third-order valence-corrected chi connectivity index (χ3v) is 11.6. The van der Waals surface area contributed by atoms with E-state index in [-0.39, 0.29) is 41.7 Å². The first-order valence-electron chi connectivity index (χ1n) is 16.6. The Hall–Kier alpha value is -3.18. The Kier molecular flexibility index (Phi) is 8.86. The molecule has 3 heterocycles. The molecule has 1 aromatic carbocycles. The molecule has 2 saturated carbocycles. The second-order valence-electron chi connectivity index (χ2n) is 14.6. The molecular weight excluding hydrogens is 584 g/mol. The molecule has 8 atom stereocenters. The fourth-order valence-corrected chi connectivity index (χ4v) is 8.73. The van der Waals surface area contributed by atoms with Crippen molar-refractivity contribution in [1.29, 1.82) is 0 Å². The number of hydrogen-bond donors (Lipinski definition) is 3. The largest absolute Gasteiger partial charge is 0.423 e. The summed E-state index contributed by atoms with van der Waals surface area (Å²) in [4.78, 5) is 37.4. The van der Waals surface area contributed by atoms with Crippen LogP contribution in [-0.2, 0) is 19.1 Å². The lowest BCUT2D eigenvalue weighted by molar-refractivity contribution is -0.177. The van der Waals surface area contributed by atoms with Crippen LogP contribution in [0.3, 0.4) is 0 Å². The normalized spacial score (nSPS) is 35.4. The fourth-order valence-electron chi connectivity index (χ4n) is 8.73. The van der Waals surface area contributed by atoms with Gasteiger partial charge in [0, 0.05) is 37.5 Å². The number of aliphatic imine (C=N–C) groups is 2. The number of rotatable bonds is 11. The van der Waals surface area contributed by atoms with Gasteiger partial charge in [-0.05, 0) is 86.1 Å². The van der Waals surface area contributed by atoms with Crippen LogP contribution < -0.4 is 10.2 Å². The maximum absolute atomic E-state index is 13.6. The number of Topliss-reactive ketones (excluding diaryl/α,β-unsaturated/α-hetero) is 1. The third kappa shape index (κ3) is 6.01. The molecule has 0 aromatic heterocycles. The lowest BCUT2D eigenvalue weighted by atomic mass is 9.44. The van der Waals surface area contributed by atoms with E-state index in [0.29, 0.717) is 43.2 Å². The number of epoxide rings is 1. The first-order valence-corrected chi connectivity index (χ1v) is 16.6. The number of allylic oxidation sites excluding steroid dienone is 1. The molecule has 46 heavy (non-hydrogen) atoms. The summed E-state index contributed by atoms with van der Waals surface area (Å²) < 4.78 is 12.0. The van der Waals surface area contributed by atoms with Crippen LogP contribution in [0.2, 0.25) is 0 Å². The van der Waals surface area contributed by atoms with E-state index in [0.717, 1.165) is 30.5 Å². The van der Waals surface area contributed by atoms with Gasteiger partial charge in [0.1, 0.15) is 11.6 Å². The van der Waals surface area contributed by atoms with Gasteiger partial charge in [-0.25, -0.2) is 9.79 Å².